The zero-order valence-electron chi connectivity index (χ0n) is 15.7. The fourth-order valence-corrected chi connectivity index (χ4v) is 3.96. The highest BCUT2D eigenvalue weighted by Gasteiger charge is 2.34. The van der Waals surface area contributed by atoms with Crippen LogP contribution in [0.25, 0.3) is 11.4 Å². The van der Waals surface area contributed by atoms with Crippen LogP contribution in [0.1, 0.15) is 31.7 Å². The van der Waals surface area contributed by atoms with Gasteiger partial charge in [-0.15, -0.1) is 0 Å². The molecule has 0 radical (unpaired) electrons. The highest BCUT2D eigenvalue weighted by atomic mass is 35.5. The third-order valence-electron chi connectivity index (χ3n) is 5.35. The van der Waals surface area contributed by atoms with E-state index in [-0.39, 0.29) is 5.92 Å². The molecule has 0 N–H and O–H groups in total. The lowest BCUT2D eigenvalue weighted by atomic mass is 10.2. The molecule has 0 spiro atoms. The van der Waals surface area contributed by atoms with Crippen LogP contribution in [0, 0.1) is 5.92 Å². The molecule has 0 atom stereocenters. The third-order valence-corrected chi connectivity index (χ3v) is 5.67. The number of nitrogens with zero attached hydrogens (tertiary/aromatic N) is 4. The molecule has 0 bridgehead atoms. The standard InChI is InChI=1S/C21H25ClN4O/c1-2-17-18(22)23-19(15-7-4-3-5-8-15)24-20(17)25-11-6-12-26(14-13-25)21(27)16-9-10-16/h3-5,7-8,16H,2,6,9-14H2,1H3. The van der Waals surface area contributed by atoms with E-state index in [9.17, 15) is 4.79 Å². The fourth-order valence-electron chi connectivity index (χ4n) is 3.67. The second-order valence-electron chi connectivity index (χ2n) is 7.30. The van der Waals surface area contributed by atoms with E-state index >= 15 is 0 Å². The molecule has 2 aromatic rings. The Morgan fingerprint density at radius 2 is 1.89 bits per heavy atom. The van der Waals surface area contributed by atoms with E-state index in [0.717, 1.165) is 68.8 Å². The first-order chi connectivity index (χ1) is 13.2. The first-order valence-electron chi connectivity index (χ1n) is 9.83. The maximum Gasteiger partial charge on any atom is 0.225 e. The molecule has 142 valence electrons. The quantitative estimate of drug-likeness (QED) is 0.752. The van der Waals surface area contributed by atoms with E-state index in [2.05, 4.69) is 16.8 Å². The summed E-state index contributed by atoms with van der Waals surface area (Å²) in [5.74, 6) is 2.18. The molecule has 1 aromatic heterocycles. The number of halogens is 1. The van der Waals surface area contributed by atoms with E-state index in [1.165, 1.54) is 0 Å². The summed E-state index contributed by atoms with van der Waals surface area (Å²) in [6, 6.07) is 9.94. The Kier molecular flexibility index (Phi) is 5.30. The van der Waals surface area contributed by atoms with Crippen molar-refractivity contribution >= 4 is 23.3 Å². The molecule has 2 fully saturated rings. The molecular weight excluding hydrogens is 360 g/mol. The number of carbonyl (C=O) groups is 1. The number of carbonyl (C=O) groups excluding carboxylic acids is 1. The molecule has 6 heteroatoms. The summed E-state index contributed by atoms with van der Waals surface area (Å²) in [4.78, 5) is 26.2. The molecule has 5 nitrogen and oxygen atoms in total. The Morgan fingerprint density at radius 3 is 2.59 bits per heavy atom. The second kappa shape index (κ2) is 7.85. The van der Waals surface area contributed by atoms with Crippen molar-refractivity contribution in [3.8, 4) is 11.4 Å². The average molecular weight is 385 g/mol. The predicted octanol–water partition coefficient (Wildman–Crippen LogP) is 3.81. The Morgan fingerprint density at radius 1 is 1.11 bits per heavy atom. The number of benzene rings is 1. The van der Waals surface area contributed by atoms with Crippen molar-refractivity contribution in [2.75, 3.05) is 31.1 Å². The van der Waals surface area contributed by atoms with Gasteiger partial charge in [0.05, 0.1) is 0 Å². The summed E-state index contributed by atoms with van der Waals surface area (Å²) in [5, 5.41) is 0.525. The lowest BCUT2D eigenvalue weighted by Crippen LogP contribution is -2.36. The van der Waals surface area contributed by atoms with Crippen molar-refractivity contribution in [1.29, 1.82) is 0 Å². The maximum absolute atomic E-state index is 12.4. The minimum absolute atomic E-state index is 0.279. The Labute approximate surface area is 165 Å². The van der Waals surface area contributed by atoms with Crippen LogP contribution in [0.3, 0.4) is 0 Å². The first kappa shape index (κ1) is 18.2. The van der Waals surface area contributed by atoms with Gasteiger partial charge in [-0.25, -0.2) is 9.97 Å². The lowest BCUT2D eigenvalue weighted by molar-refractivity contribution is -0.132. The van der Waals surface area contributed by atoms with Crippen molar-refractivity contribution in [2.45, 2.75) is 32.6 Å². The molecular formula is C21H25ClN4O. The van der Waals surface area contributed by atoms with Crippen LogP contribution < -0.4 is 4.90 Å². The van der Waals surface area contributed by atoms with Gasteiger partial charge in [0.25, 0.3) is 0 Å². The van der Waals surface area contributed by atoms with Crippen LogP contribution in [0.4, 0.5) is 5.82 Å². The zero-order chi connectivity index (χ0) is 18.8. The zero-order valence-corrected chi connectivity index (χ0v) is 16.5. The third kappa shape index (κ3) is 3.93. The van der Waals surface area contributed by atoms with Crippen LogP contribution in [0.5, 0.6) is 0 Å². The number of rotatable bonds is 4. The summed E-state index contributed by atoms with van der Waals surface area (Å²) >= 11 is 6.53. The van der Waals surface area contributed by atoms with E-state index in [1.54, 1.807) is 0 Å². The normalized spacial score (nSPS) is 17.7. The molecule has 1 saturated carbocycles. The minimum atomic E-state index is 0.279. The fraction of sp³-hybridized carbons (Fsp3) is 0.476. The Bertz CT molecular complexity index is 822. The minimum Gasteiger partial charge on any atom is -0.354 e. The lowest BCUT2D eigenvalue weighted by Gasteiger charge is -2.25. The molecule has 1 aliphatic carbocycles. The van der Waals surface area contributed by atoms with Crippen molar-refractivity contribution in [3.63, 3.8) is 0 Å². The van der Waals surface area contributed by atoms with Gasteiger partial charge in [-0.05, 0) is 25.7 Å². The van der Waals surface area contributed by atoms with Gasteiger partial charge in [0.15, 0.2) is 5.82 Å². The van der Waals surface area contributed by atoms with Gasteiger partial charge < -0.3 is 9.80 Å². The maximum atomic E-state index is 12.4. The van der Waals surface area contributed by atoms with Gasteiger partial charge >= 0.3 is 0 Å². The molecule has 2 aliphatic rings. The van der Waals surface area contributed by atoms with Gasteiger partial charge in [-0.3, -0.25) is 4.79 Å². The number of amides is 1. The average Bonchev–Trinajstić information content (AvgIpc) is 3.54. The van der Waals surface area contributed by atoms with Crippen LogP contribution in [-0.4, -0.2) is 47.0 Å². The molecule has 1 aromatic carbocycles. The van der Waals surface area contributed by atoms with Gasteiger partial charge in [0.1, 0.15) is 11.0 Å². The predicted molar refractivity (Wildman–Crippen MR) is 108 cm³/mol. The van der Waals surface area contributed by atoms with Crippen molar-refractivity contribution < 1.29 is 4.79 Å². The van der Waals surface area contributed by atoms with Gasteiger partial charge in [0, 0.05) is 43.2 Å². The Balaban J connectivity index is 1.61. The summed E-state index contributed by atoms with van der Waals surface area (Å²) < 4.78 is 0. The number of hydrogen-bond acceptors (Lipinski definition) is 4. The van der Waals surface area contributed by atoms with Crippen molar-refractivity contribution in [2.24, 2.45) is 5.92 Å². The molecule has 0 unspecified atom stereocenters. The number of anilines is 1. The smallest absolute Gasteiger partial charge is 0.225 e. The summed E-state index contributed by atoms with van der Waals surface area (Å²) in [6.07, 6.45) is 3.84. The van der Waals surface area contributed by atoms with Crippen LogP contribution in [0.15, 0.2) is 30.3 Å². The van der Waals surface area contributed by atoms with Crippen molar-refractivity contribution in [1.82, 2.24) is 14.9 Å². The van der Waals surface area contributed by atoms with Gasteiger partial charge in [-0.1, -0.05) is 48.9 Å². The monoisotopic (exact) mass is 384 g/mol. The molecule has 1 saturated heterocycles. The van der Waals surface area contributed by atoms with Crippen LogP contribution >= 0.6 is 11.6 Å². The highest BCUT2D eigenvalue weighted by molar-refractivity contribution is 6.30. The SMILES string of the molecule is CCc1c(Cl)nc(-c2ccccc2)nc1N1CCCN(C(=O)C2CC2)CC1. The van der Waals surface area contributed by atoms with Crippen LogP contribution in [0.2, 0.25) is 5.15 Å². The Hall–Kier alpha value is -2.14. The van der Waals surface area contributed by atoms with Gasteiger partial charge in [0.2, 0.25) is 5.91 Å². The molecule has 4 rings (SSSR count). The summed E-state index contributed by atoms with van der Waals surface area (Å²) in [7, 11) is 0. The molecule has 27 heavy (non-hydrogen) atoms. The van der Waals surface area contributed by atoms with E-state index in [1.807, 2.05) is 35.2 Å². The topological polar surface area (TPSA) is 49.3 Å². The first-order valence-corrected chi connectivity index (χ1v) is 10.2. The van der Waals surface area contributed by atoms with E-state index in [0.29, 0.717) is 16.9 Å². The number of aromatic nitrogens is 2. The highest BCUT2D eigenvalue weighted by Crippen LogP contribution is 2.32. The second-order valence-corrected chi connectivity index (χ2v) is 7.66. The molecule has 1 aliphatic heterocycles. The summed E-state index contributed by atoms with van der Waals surface area (Å²) in [5.41, 5.74) is 1.95. The van der Waals surface area contributed by atoms with E-state index < -0.39 is 0 Å². The molecule has 1 amide bonds. The molecule has 2 heterocycles. The summed E-state index contributed by atoms with van der Waals surface area (Å²) in [6.45, 7) is 5.32. The largest absolute Gasteiger partial charge is 0.354 e. The van der Waals surface area contributed by atoms with Crippen LogP contribution in [-0.2, 0) is 11.2 Å². The van der Waals surface area contributed by atoms with Gasteiger partial charge in [-0.2, -0.15) is 0 Å². The van der Waals surface area contributed by atoms with E-state index in [4.69, 9.17) is 16.6 Å². The van der Waals surface area contributed by atoms with Crippen molar-refractivity contribution in [3.05, 3.63) is 41.0 Å². The number of hydrogen-bond donors (Lipinski definition) is 0.